The van der Waals surface area contributed by atoms with Gasteiger partial charge in [0, 0.05) is 6.54 Å². The Balaban J connectivity index is 1.70. The quantitative estimate of drug-likeness (QED) is 0.706. The van der Waals surface area contributed by atoms with Gasteiger partial charge in [0.1, 0.15) is 12.4 Å². The first-order valence-electron chi connectivity index (χ1n) is 9.45. The number of sulfone groups is 1. The zero-order chi connectivity index (χ0) is 20.3. The number of ether oxygens (including phenoxy) is 2. The minimum Gasteiger partial charge on any atom is -0.464 e. The maximum atomic E-state index is 12.5. The number of esters is 1. The van der Waals surface area contributed by atoms with Crippen molar-refractivity contribution in [3.05, 3.63) is 6.33 Å². The summed E-state index contributed by atoms with van der Waals surface area (Å²) in [6, 6.07) is -0.696. The smallest absolute Gasteiger partial charge is 0.410 e. The molecule has 2 fully saturated rings. The summed E-state index contributed by atoms with van der Waals surface area (Å²) >= 11 is 0. The lowest BCUT2D eigenvalue weighted by molar-refractivity contribution is -0.152. The number of amides is 1. The summed E-state index contributed by atoms with van der Waals surface area (Å²) in [7, 11) is -2.23. The van der Waals surface area contributed by atoms with Crippen LogP contribution in [0.15, 0.2) is 11.5 Å². The molecule has 1 aliphatic carbocycles. The number of aromatic nitrogens is 3. The van der Waals surface area contributed by atoms with Gasteiger partial charge in [0.2, 0.25) is 15.0 Å². The van der Waals surface area contributed by atoms with Crippen LogP contribution < -0.4 is 0 Å². The van der Waals surface area contributed by atoms with Crippen molar-refractivity contribution in [2.24, 2.45) is 17.8 Å². The standard InChI is InChI=1S/C17H26N4O6S/c1-3-27-15(22)14-7-13-6-11(9-28(24,25)16-18-10-19-20-16)4-5-12(13)8-21(14)17(23)26-2/h10-14H,3-9H2,1-2H3,(H,18,19,20)/t11-,12-,13+,14-/m1/s1. The fourth-order valence-electron chi connectivity index (χ4n) is 4.41. The van der Waals surface area contributed by atoms with Gasteiger partial charge in [0.15, 0.2) is 0 Å². The Labute approximate surface area is 163 Å². The molecule has 28 heavy (non-hydrogen) atoms. The van der Waals surface area contributed by atoms with Crippen LogP contribution in [0.2, 0.25) is 0 Å². The fraction of sp³-hybridized carbons (Fsp3) is 0.765. The molecule has 1 saturated carbocycles. The Bertz CT molecular complexity index is 797. The van der Waals surface area contributed by atoms with Crippen molar-refractivity contribution in [3.8, 4) is 0 Å². The van der Waals surface area contributed by atoms with Crippen molar-refractivity contribution in [1.82, 2.24) is 20.1 Å². The summed E-state index contributed by atoms with van der Waals surface area (Å²) < 4.78 is 34.9. The van der Waals surface area contributed by atoms with Crippen LogP contribution in [0.3, 0.4) is 0 Å². The summed E-state index contributed by atoms with van der Waals surface area (Å²) in [4.78, 5) is 29.7. The van der Waals surface area contributed by atoms with Gasteiger partial charge in [-0.15, -0.1) is 0 Å². The van der Waals surface area contributed by atoms with E-state index < -0.39 is 27.9 Å². The summed E-state index contributed by atoms with van der Waals surface area (Å²) in [5, 5.41) is 5.92. The van der Waals surface area contributed by atoms with E-state index >= 15 is 0 Å². The van der Waals surface area contributed by atoms with E-state index in [1.165, 1.54) is 18.3 Å². The fourth-order valence-corrected chi connectivity index (χ4v) is 5.89. The first-order chi connectivity index (χ1) is 13.4. The Kier molecular flexibility index (Phi) is 6.21. The van der Waals surface area contributed by atoms with Gasteiger partial charge in [0.05, 0.1) is 19.5 Å². The number of fused-ring (bicyclic) bond motifs is 1. The largest absolute Gasteiger partial charge is 0.464 e. The number of hydrogen-bond donors (Lipinski definition) is 1. The van der Waals surface area contributed by atoms with Gasteiger partial charge in [-0.3, -0.25) is 10.00 Å². The van der Waals surface area contributed by atoms with E-state index in [9.17, 15) is 18.0 Å². The molecule has 156 valence electrons. The number of methoxy groups -OCH3 is 1. The topological polar surface area (TPSA) is 132 Å². The van der Waals surface area contributed by atoms with Crippen molar-refractivity contribution in [1.29, 1.82) is 0 Å². The number of nitrogens with one attached hydrogen (secondary N) is 1. The third-order valence-corrected chi connectivity index (χ3v) is 7.39. The average molecular weight is 414 g/mol. The normalized spacial score (nSPS) is 27.7. The predicted octanol–water partition coefficient (Wildman–Crippen LogP) is 1.01. The van der Waals surface area contributed by atoms with Crippen LogP contribution in [0.4, 0.5) is 4.79 Å². The Hall–Kier alpha value is -2.17. The number of likely N-dealkylation sites (tertiary alicyclic amines) is 1. The number of nitrogens with zero attached hydrogens (tertiary/aromatic N) is 3. The first kappa shape index (κ1) is 20.6. The van der Waals surface area contributed by atoms with Crippen molar-refractivity contribution in [2.45, 2.75) is 43.8 Å². The molecule has 2 aliphatic rings. The van der Waals surface area contributed by atoms with Crippen molar-refractivity contribution < 1.29 is 27.5 Å². The minimum atomic E-state index is -3.53. The van der Waals surface area contributed by atoms with Crippen molar-refractivity contribution in [3.63, 3.8) is 0 Å². The van der Waals surface area contributed by atoms with Crippen LogP contribution in [0.25, 0.3) is 0 Å². The number of carbonyl (C=O) groups excluding carboxylic acids is 2. The second-order valence-corrected chi connectivity index (χ2v) is 9.35. The molecule has 2 heterocycles. The second kappa shape index (κ2) is 8.46. The summed E-state index contributed by atoms with van der Waals surface area (Å²) in [5.41, 5.74) is 0. The SMILES string of the molecule is CCOC(=O)[C@H]1C[C@@H]2C[C@H](CS(=O)(=O)c3ncn[nH]3)CC[C@@H]2CN1C(=O)OC. The molecule has 3 rings (SSSR count). The summed E-state index contributed by atoms with van der Waals surface area (Å²) in [6.07, 6.45) is 3.32. The molecular formula is C17H26N4O6S. The summed E-state index contributed by atoms with van der Waals surface area (Å²) in [5.74, 6) is -0.101. The predicted molar refractivity (Wildman–Crippen MR) is 96.9 cm³/mol. The van der Waals surface area contributed by atoms with E-state index in [-0.39, 0.29) is 35.3 Å². The van der Waals surface area contributed by atoms with Gasteiger partial charge in [-0.2, -0.15) is 5.10 Å². The van der Waals surface area contributed by atoms with E-state index in [1.807, 2.05) is 0 Å². The van der Waals surface area contributed by atoms with Gasteiger partial charge in [-0.25, -0.2) is 23.0 Å². The van der Waals surface area contributed by atoms with Gasteiger partial charge >= 0.3 is 12.1 Å². The molecule has 1 N–H and O–H groups in total. The number of rotatable bonds is 5. The number of aromatic amines is 1. The van der Waals surface area contributed by atoms with Gasteiger partial charge in [-0.05, 0) is 50.4 Å². The maximum Gasteiger partial charge on any atom is 0.410 e. The lowest BCUT2D eigenvalue weighted by Crippen LogP contribution is -2.55. The first-order valence-corrected chi connectivity index (χ1v) is 11.1. The van der Waals surface area contributed by atoms with Crippen LogP contribution in [-0.4, -0.2) is 72.6 Å². The molecule has 1 saturated heterocycles. The van der Waals surface area contributed by atoms with Crippen LogP contribution >= 0.6 is 0 Å². The maximum absolute atomic E-state index is 12.5. The molecule has 1 aromatic rings. The molecule has 1 aliphatic heterocycles. The molecule has 1 amide bonds. The van der Waals surface area contributed by atoms with Gasteiger partial charge in [-0.1, -0.05) is 0 Å². The molecule has 11 heteroatoms. The Morgan fingerprint density at radius 1 is 1.29 bits per heavy atom. The Morgan fingerprint density at radius 3 is 2.71 bits per heavy atom. The molecular weight excluding hydrogens is 388 g/mol. The van der Waals surface area contributed by atoms with Gasteiger partial charge in [0.25, 0.3) is 0 Å². The minimum absolute atomic E-state index is 0.00377. The van der Waals surface area contributed by atoms with Crippen LogP contribution in [-0.2, 0) is 24.1 Å². The summed E-state index contributed by atoms with van der Waals surface area (Å²) in [6.45, 7) is 2.37. The third kappa shape index (κ3) is 4.29. The highest BCUT2D eigenvalue weighted by Gasteiger charge is 2.45. The highest BCUT2D eigenvalue weighted by Crippen LogP contribution is 2.42. The lowest BCUT2D eigenvalue weighted by atomic mass is 9.69. The molecule has 0 aromatic carbocycles. The number of H-pyrrole nitrogens is 1. The highest BCUT2D eigenvalue weighted by atomic mass is 32.2. The zero-order valence-corrected chi connectivity index (χ0v) is 16.9. The number of carbonyl (C=O) groups is 2. The van der Waals surface area contributed by atoms with Crippen LogP contribution in [0, 0.1) is 17.8 Å². The van der Waals surface area contributed by atoms with E-state index in [0.717, 1.165) is 12.8 Å². The molecule has 1 aromatic heterocycles. The second-order valence-electron chi connectivity index (χ2n) is 7.40. The Morgan fingerprint density at radius 2 is 2.07 bits per heavy atom. The lowest BCUT2D eigenvalue weighted by Gasteiger charge is -2.46. The van der Waals surface area contributed by atoms with E-state index in [4.69, 9.17) is 9.47 Å². The average Bonchev–Trinajstić information content (AvgIpc) is 3.22. The molecule has 4 atom stereocenters. The van der Waals surface area contributed by atoms with Gasteiger partial charge < -0.3 is 9.47 Å². The molecule has 0 spiro atoms. The van der Waals surface area contributed by atoms with E-state index in [0.29, 0.717) is 19.4 Å². The number of hydrogen-bond acceptors (Lipinski definition) is 8. The number of piperidine rings is 1. The van der Waals surface area contributed by atoms with E-state index in [1.54, 1.807) is 6.92 Å². The van der Waals surface area contributed by atoms with E-state index in [2.05, 4.69) is 15.2 Å². The van der Waals surface area contributed by atoms with Crippen LogP contribution in [0.1, 0.15) is 32.6 Å². The monoisotopic (exact) mass is 414 g/mol. The highest BCUT2D eigenvalue weighted by molar-refractivity contribution is 7.91. The molecule has 10 nitrogen and oxygen atoms in total. The zero-order valence-electron chi connectivity index (χ0n) is 16.0. The van der Waals surface area contributed by atoms with Crippen molar-refractivity contribution >= 4 is 21.9 Å². The van der Waals surface area contributed by atoms with Crippen LogP contribution in [0.5, 0.6) is 0 Å². The molecule has 0 unspecified atom stereocenters. The van der Waals surface area contributed by atoms with Crippen molar-refractivity contribution in [2.75, 3.05) is 26.0 Å². The third-order valence-electron chi connectivity index (χ3n) is 5.69. The molecule has 0 radical (unpaired) electrons. The molecule has 0 bridgehead atoms.